The second kappa shape index (κ2) is 7.70. The fourth-order valence-corrected chi connectivity index (χ4v) is 3.90. The number of fused-ring (bicyclic) bond motifs is 1. The molecular formula is C22H25N7O. The van der Waals surface area contributed by atoms with Crippen molar-refractivity contribution in [1.29, 1.82) is 5.41 Å². The highest BCUT2D eigenvalue weighted by Gasteiger charge is 2.29. The smallest absolute Gasteiger partial charge is 0.223 e. The molecule has 8 heteroatoms. The van der Waals surface area contributed by atoms with E-state index in [2.05, 4.69) is 11.6 Å². The van der Waals surface area contributed by atoms with Crippen LogP contribution in [-0.4, -0.2) is 49.6 Å². The van der Waals surface area contributed by atoms with Crippen LogP contribution in [0.15, 0.2) is 36.9 Å². The average molecular weight is 403 g/mol. The molecule has 3 aromatic rings. The summed E-state index contributed by atoms with van der Waals surface area (Å²) in [5.41, 5.74) is 9.35. The molecule has 30 heavy (non-hydrogen) atoms. The maximum Gasteiger partial charge on any atom is 0.223 e. The third-order valence-electron chi connectivity index (χ3n) is 5.63. The van der Waals surface area contributed by atoms with Gasteiger partial charge in [0.2, 0.25) is 5.91 Å². The van der Waals surface area contributed by atoms with E-state index in [1.54, 1.807) is 4.90 Å². The van der Waals surface area contributed by atoms with Crippen molar-refractivity contribution in [2.45, 2.75) is 32.2 Å². The molecule has 0 saturated carbocycles. The van der Waals surface area contributed by atoms with Gasteiger partial charge in [0.1, 0.15) is 5.82 Å². The summed E-state index contributed by atoms with van der Waals surface area (Å²) in [5.74, 6) is 1.81. The number of nitrogens with one attached hydrogen (secondary N) is 1. The van der Waals surface area contributed by atoms with Crippen LogP contribution < -0.4 is 5.73 Å². The van der Waals surface area contributed by atoms with Gasteiger partial charge in [-0.25, -0.2) is 15.0 Å². The molecular weight excluding hydrogens is 378 g/mol. The lowest BCUT2D eigenvalue weighted by molar-refractivity contribution is -0.132. The molecule has 3 heterocycles. The van der Waals surface area contributed by atoms with Crippen LogP contribution >= 0.6 is 0 Å². The summed E-state index contributed by atoms with van der Waals surface area (Å²) in [5, 5.41) is 7.99. The van der Waals surface area contributed by atoms with Crippen LogP contribution in [0.4, 0.5) is 5.82 Å². The fraction of sp³-hybridized carbons (Fsp3) is 0.318. The van der Waals surface area contributed by atoms with E-state index in [0.717, 1.165) is 23.4 Å². The number of carbonyl (C=O) groups is 1. The molecule has 1 aromatic carbocycles. The summed E-state index contributed by atoms with van der Waals surface area (Å²) in [7, 11) is 1.83. The number of benzene rings is 1. The number of aromatic nitrogens is 4. The number of likely N-dealkylation sites (tertiary alicyclic amines) is 1. The number of hydrogen-bond acceptors (Lipinski definition) is 6. The molecule has 1 fully saturated rings. The minimum atomic E-state index is 0.0436. The fourth-order valence-electron chi connectivity index (χ4n) is 3.90. The molecule has 3 N–H and O–H groups in total. The average Bonchev–Trinajstić information content (AvgIpc) is 3.14. The number of allylic oxidation sites excluding steroid dienone is 1. The van der Waals surface area contributed by atoms with Crippen LogP contribution in [0.1, 0.15) is 37.1 Å². The number of aryl methyl sites for hydroxylation is 1. The third-order valence-corrected chi connectivity index (χ3v) is 5.63. The molecule has 1 amide bonds. The van der Waals surface area contributed by atoms with Crippen molar-refractivity contribution in [1.82, 2.24) is 24.4 Å². The first-order valence-electron chi connectivity index (χ1n) is 10.0. The molecule has 1 unspecified atom stereocenters. The quantitative estimate of drug-likeness (QED) is 0.636. The van der Waals surface area contributed by atoms with E-state index in [0.29, 0.717) is 48.0 Å². The van der Waals surface area contributed by atoms with Crippen molar-refractivity contribution in [2.24, 2.45) is 0 Å². The van der Waals surface area contributed by atoms with Gasteiger partial charge < -0.3 is 20.6 Å². The SMILES string of the molecule is C=CC(=N)c1cccc(-c2nc(N)c3nc(C4CCN(C)C(=O)C4)n(CC)c3n2)c1. The van der Waals surface area contributed by atoms with Crippen molar-refractivity contribution in [2.75, 3.05) is 19.3 Å². The van der Waals surface area contributed by atoms with Gasteiger partial charge in [0.25, 0.3) is 0 Å². The summed E-state index contributed by atoms with van der Waals surface area (Å²) in [4.78, 5) is 28.0. The number of amides is 1. The third kappa shape index (κ3) is 3.34. The first-order chi connectivity index (χ1) is 14.4. The lowest BCUT2D eigenvalue weighted by Crippen LogP contribution is -2.35. The second-order valence-corrected chi connectivity index (χ2v) is 7.52. The highest BCUT2D eigenvalue weighted by molar-refractivity contribution is 6.06. The Morgan fingerprint density at radius 1 is 1.37 bits per heavy atom. The van der Waals surface area contributed by atoms with Gasteiger partial charge in [-0.15, -0.1) is 0 Å². The Kier molecular flexibility index (Phi) is 5.07. The van der Waals surface area contributed by atoms with Crippen molar-refractivity contribution in [3.63, 3.8) is 0 Å². The maximum absolute atomic E-state index is 12.2. The van der Waals surface area contributed by atoms with Gasteiger partial charge in [0, 0.05) is 43.6 Å². The molecule has 0 bridgehead atoms. The summed E-state index contributed by atoms with van der Waals surface area (Å²) in [6.07, 6.45) is 2.79. The zero-order valence-electron chi connectivity index (χ0n) is 17.2. The number of nitrogens with zero attached hydrogens (tertiary/aromatic N) is 5. The zero-order chi connectivity index (χ0) is 21.4. The zero-order valence-corrected chi connectivity index (χ0v) is 17.2. The van der Waals surface area contributed by atoms with Gasteiger partial charge in [-0.2, -0.15) is 0 Å². The van der Waals surface area contributed by atoms with E-state index < -0.39 is 0 Å². The number of nitrogen functional groups attached to an aromatic ring is 1. The van der Waals surface area contributed by atoms with E-state index in [-0.39, 0.29) is 11.8 Å². The summed E-state index contributed by atoms with van der Waals surface area (Å²) in [6, 6.07) is 7.46. The van der Waals surface area contributed by atoms with E-state index in [1.165, 1.54) is 6.08 Å². The number of carbonyl (C=O) groups excluding carboxylic acids is 1. The number of piperidine rings is 1. The number of hydrogen-bond donors (Lipinski definition) is 2. The molecule has 0 radical (unpaired) electrons. The van der Waals surface area contributed by atoms with Gasteiger partial charge in [0.15, 0.2) is 22.8 Å². The normalized spacial score (nSPS) is 16.8. The molecule has 0 aliphatic carbocycles. The van der Waals surface area contributed by atoms with Crippen LogP contribution in [0.3, 0.4) is 0 Å². The van der Waals surface area contributed by atoms with Crippen molar-refractivity contribution >= 4 is 28.6 Å². The molecule has 154 valence electrons. The van der Waals surface area contributed by atoms with Gasteiger partial charge in [-0.3, -0.25) is 4.79 Å². The Hall–Kier alpha value is -3.55. The lowest BCUT2D eigenvalue weighted by atomic mass is 9.95. The monoisotopic (exact) mass is 403 g/mol. The standard InChI is InChI=1S/C22H25N7O/c1-4-16(23)13-7-6-8-14(11-13)20-26-19(24)18-22(27-20)29(5-2)21(25-18)15-9-10-28(3)17(30)12-15/h4,6-8,11,15,23H,1,5,9-10,12H2,2-3H3,(H2,24,26,27). The molecule has 4 rings (SSSR count). The lowest BCUT2D eigenvalue weighted by Gasteiger charge is -2.28. The Labute approximate surface area is 175 Å². The molecule has 1 saturated heterocycles. The maximum atomic E-state index is 12.2. The number of imidazole rings is 1. The molecule has 1 aliphatic heterocycles. The number of nitrogens with two attached hydrogens (primary N) is 1. The van der Waals surface area contributed by atoms with E-state index in [1.807, 2.05) is 42.8 Å². The van der Waals surface area contributed by atoms with E-state index in [4.69, 9.17) is 21.1 Å². The summed E-state index contributed by atoms with van der Waals surface area (Å²) in [6.45, 7) is 7.08. The predicted octanol–water partition coefficient (Wildman–Crippen LogP) is 2.99. The van der Waals surface area contributed by atoms with Crippen molar-refractivity contribution < 1.29 is 4.79 Å². The molecule has 8 nitrogen and oxygen atoms in total. The topological polar surface area (TPSA) is 114 Å². The van der Waals surface area contributed by atoms with Crippen LogP contribution in [0.5, 0.6) is 0 Å². The van der Waals surface area contributed by atoms with Crippen LogP contribution in [-0.2, 0) is 11.3 Å². The molecule has 2 aromatic heterocycles. The van der Waals surface area contributed by atoms with Gasteiger partial charge in [-0.05, 0) is 25.5 Å². The highest BCUT2D eigenvalue weighted by Crippen LogP contribution is 2.32. The second-order valence-electron chi connectivity index (χ2n) is 7.52. The first-order valence-corrected chi connectivity index (χ1v) is 10.0. The van der Waals surface area contributed by atoms with Crippen LogP contribution in [0.25, 0.3) is 22.6 Å². The molecule has 1 aliphatic rings. The number of anilines is 1. The Morgan fingerprint density at radius 3 is 2.87 bits per heavy atom. The van der Waals surface area contributed by atoms with Gasteiger partial charge in [0.05, 0.1) is 5.71 Å². The molecule has 1 atom stereocenters. The summed E-state index contributed by atoms with van der Waals surface area (Å²) >= 11 is 0. The largest absolute Gasteiger partial charge is 0.382 e. The van der Waals surface area contributed by atoms with Crippen LogP contribution in [0.2, 0.25) is 0 Å². The van der Waals surface area contributed by atoms with E-state index in [9.17, 15) is 4.79 Å². The minimum absolute atomic E-state index is 0.0436. The van der Waals surface area contributed by atoms with Gasteiger partial charge in [-0.1, -0.05) is 24.8 Å². The Balaban J connectivity index is 1.82. The van der Waals surface area contributed by atoms with Crippen molar-refractivity contribution in [3.05, 3.63) is 48.3 Å². The molecule has 0 spiro atoms. The first kappa shape index (κ1) is 19.8. The van der Waals surface area contributed by atoms with Crippen molar-refractivity contribution in [3.8, 4) is 11.4 Å². The predicted molar refractivity (Wildman–Crippen MR) is 117 cm³/mol. The Morgan fingerprint density at radius 2 is 2.17 bits per heavy atom. The minimum Gasteiger partial charge on any atom is -0.382 e. The van der Waals surface area contributed by atoms with E-state index >= 15 is 0 Å². The highest BCUT2D eigenvalue weighted by atomic mass is 16.2. The Bertz CT molecular complexity index is 1160. The van der Waals surface area contributed by atoms with Crippen LogP contribution in [0, 0.1) is 5.41 Å². The summed E-state index contributed by atoms with van der Waals surface area (Å²) < 4.78 is 2.04. The number of rotatable bonds is 5. The van der Waals surface area contributed by atoms with Gasteiger partial charge >= 0.3 is 0 Å².